The van der Waals surface area contributed by atoms with Crippen LogP contribution < -0.4 is 0 Å². The van der Waals surface area contributed by atoms with Crippen LogP contribution in [0, 0.1) is 18.6 Å². The normalized spacial score (nSPS) is 12.9. The van der Waals surface area contributed by atoms with E-state index in [9.17, 15) is 17.2 Å². The largest absolute Gasteiger partial charge is 0.361 e. The maximum atomic E-state index is 13.6. The van der Waals surface area contributed by atoms with Crippen molar-refractivity contribution in [2.24, 2.45) is 0 Å². The highest BCUT2D eigenvalue weighted by Gasteiger charge is 2.25. The molecule has 0 aliphatic heterocycles. The first-order valence-corrected chi connectivity index (χ1v) is 11.0. The number of sulfone groups is 1. The lowest BCUT2D eigenvalue weighted by atomic mass is 10.1. The van der Waals surface area contributed by atoms with Crippen LogP contribution >= 0.6 is 23.2 Å². The SMILES string of the molecule is Cc1[nH]c(C(OCc2ccc(F)cc2Cl)c2ccc(F)c(Cl)c2)nc1S(C)(=O)=O. The van der Waals surface area contributed by atoms with Crippen LogP contribution in [0.5, 0.6) is 0 Å². The average molecular weight is 461 g/mol. The lowest BCUT2D eigenvalue weighted by Gasteiger charge is -2.17. The molecule has 0 saturated carbocycles. The number of imidazole rings is 1. The molecule has 3 aromatic rings. The Hall–Kier alpha value is -2.00. The number of halogens is 4. The van der Waals surface area contributed by atoms with Crippen molar-refractivity contribution in [1.29, 1.82) is 0 Å². The van der Waals surface area contributed by atoms with Crippen molar-refractivity contribution in [3.63, 3.8) is 0 Å². The summed E-state index contributed by atoms with van der Waals surface area (Å²) in [5.41, 5.74) is 1.30. The summed E-state index contributed by atoms with van der Waals surface area (Å²) in [5, 5.41) is -0.0648. The number of aromatic nitrogens is 2. The molecule has 0 aliphatic rings. The number of hydrogen-bond donors (Lipinski definition) is 1. The molecule has 0 fully saturated rings. The molecule has 0 aliphatic carbocycles. The van der Waals surface area contributed by atoms with Crippen LogP contribution in [0.15, 0.2) is 41.4 Å². The van der Waals surface area contributed by atoms with Crippen LogP contribution in [0.1, 0.15) is 28.7 Å². The Kier molecular flexibility index (Phi) is 6.28. The fourth-order valence-corrected chi connectivity index (χ4v) is 4.05. The lowest BCUT2D eigenvalue weighted by Crippen LogP contribution is -2.09. The number of H-pyrrole nitrogens is 1. The Morgan fingerprint density at radius 3 is 2.45 bits per heavy atom. The van der Waals surface area contributed by atoms with Gasteiger partial charge in [-0.1, -0.05) is 35.3 Å². The van der Waals surface area contributed by atoms with Crippen molar-refractivity contribution < 1.29 is 21.9 Å². The fraction of sp³-hybridized carbons (Fsp3) is 0.211. The van der Waals surface area contributed by atoms with Gasteiger partial charge in [-0.2, -0.15) is 0 Å². The molecule has 0 saturated heterocycles. The highest BCUT2D eigenvalue weighted by atomic mass is 35.5. The molecule has 1 aromatic heterocycles. The van der Waals surface area contributed by atoms with E-state index in [1.807, 2.05) is 0 Å². The van der Waals surface area contributed by atoms with Gasteiger partial charge in [0.05, 0.1) is 17.3 Å². The number of rotatable bonds is 6. The van der Waals surface area contributed by atoms with E-state index in [4.69, 9.17) is 27.9 Å². The molecule has 1 heterocycles. The summed E-state index contributed by atoms with van der Waals surface area (Å²) in [6.07, 6.45) is 0.145. The number of ether oxygens (including phenoxy) is 1. The third-order valence-electron chi connectivity index (χ3n) is 4.12. The first-order valence-electron chi connectivity index (χ1n) is 8.33. The molecule has 3 rings (SSSR count). The third kappa shape index (κ3) is 4.95. The monoisotopic (exact) mass is 460 g/mol. The first kappa shape index (κ1) is 21.7. The molecule has 0 amide bonds. The minimum atomic E-state index is -3.57. The molecule has 1 unspecified atom stereocenters. The minimum absolute atomic E-state index is 0.0350. The van der Waals surface area contributed by atoms with E-state index in [-0.39, 0.29) is 27.5 Å². The van der Waals surface area contributed by atoms with Gasteiger partial charge in [0.15, 0.2) is 14.9 Å². The lowest BCUT2D eigenvalue weighted by molar-refractivity contribution is 0.0613. The predicted molar refractivity (Wildman–Crippen MR) is 106 cm³/mol. The van der Waals surface area contributed by atoms with Crippen molar-refractivity contribution >= 4 is 33.0 Å². The van der Waals surface area contributed by atoms with Crippen LogP contribution in [0.3, 0.4) is 0 Å². The van der Waals surface area contributed by atoms with Crippen molar-refractivity contribution in [3.05, 3.63) is 80.7 Å². The third-order valence-corrected chi connectivity index (χ3v) is 5.87. The van der Waals surface area contributed by atoms with Crippen molar-refractivity contribution in [1.82, 2.24) is 9.97 Å². The van der Waals surface area contributed by atoms with E-state index >= 15 is 0 Å². The second kappa shape index (κ2) is 8.39. The standard InChI is InChI=1S/C19H16Cl2F2N2O3S/c1-10-19(29(2,26)27)25-18(24-10)17(11-4-6-16(23)15(21)7-11)28-9-12-3-5-13(22)8-14(12)20/h3-8,17H,9H2,1-2H3,(H,24,25). The maximum absolute atomic E-state index is 13.6. The van der Waals surface area contributed by atoms with E-state index in [1.165, 1.54) is 30.3 Å². The summed E-state index contributed by atoms with van der Waals surface area (Å²) >= 11 is 11.9. The molecule has 5 nitrogen and oxygen atoms in total. The van der Waals surface area contributed by atoms with Crippen molar-refractivity contribution in [2.45, 2.75) is 24.7 Å². The summed E-state index contributed by atoms with van der Waals surface area (Å²) < 4.78 is 56.7. The zero-order chi connectivity index (χ0) is 21.3. The molecule has 0 spiro atoms. The zero-order valence-electron chi connectivity index (χ0n) is 15.3. The zero-order valence-corrected chi connectivity index (χ0v) is 17.7. The summed E-state index contributed by atoms with van der Waals surface area (Å²) in [7, 11) is -3.57. The predicted octanol–water partition coefficient (Wildman–Crippen LogP) is 5.01. The van der Waals surface area contributed by atoms with Gasteiger partial charge >= 0.3 is 0 Å². The van der Waals surface area contributed by atoms with E-state index in [0.29, 0.717) is 16.8 Å². The smallest absolute Gasteiger partial charge is 0.194 e. The Balaban J connectivity index is 2.01. The van der Waals surface area contributed by atoms with Crippen molar-refractivity contribution in [3.8, 4) is 0 Å². The van der Waals surface area contributed by atoms with Gasteiger partial charge in [-0.15, -0.1) is 0 Å². The van der Waals surface area contributed by atoms with E-state index in [0.717, 1.165) is 12.3 Å². The summed E-state index contributed by atoms with van der Waals surface area (Å²) in [4.78, 5) is 7.06. The Morgan fingerprint density at radius 2 is 1.86 bits per heavy atom. The van der Waals surface area contributed by atoms with Crippen LogP contribution in [-0.4, -0.2) is 24.6 Å². The average Bonchev–Trinajstić information content (AvgIpc) is 3.01. The summed E-state index contributed by atoms with van der Waals surface area (Å²) in [5.74, 6) is -0.896. The molecular formula is C19H16Cl2F2N2O3S. The number of aromatic amines is 1. The van der Waals surface area contributed by atoms with Gasteiger partial charge in [0, 0.05) is 11.3 Å². The number of aryl methyl sites for hydroxylation is 1. The van der Waals surface area contributed by atoms with Gasteiger partial charge in [0.2, 0.25) is 0 Å². The summed E-state index contributed by atoms with van der Waals surface area (Å²) in [6, 6.07) is 7.87. The number of nitrogens with one attached hydrogen (secondary N) is 1. The van der Waals surface area contributed by atoms with Crippen LogP contribution in [0.4, 0.5) is 8.78 Å². The Bertz CT molecular complexity index is 1170. The quantitative estimate of drug-likeness (QED) is 0.560. The molecule has 29 heavy (non-hydrogen) atoms. The topological polar surface area (TPSA) is 72.0 Å². The Morgan fingerprint density at radius 1 is 1.14 bits per heavy atom. The van der Waals surface area contributed by atoms with E-state index in [2.05, 4.69) is 9.97 Å². The van der Waals surface area contributed by atoms with E-state index in [1.54, 1.807) is 6.92 Å². The van der Waals surface area contributed by atoms with Gasteiger partial charge in [-0.25, -0.2) is 22.2 Å². The number of nitrogens with zero attached hydrogens (tertiary/aromatic N) is 1. The molecule has 10 heteroatoms. The van der Waals surface area contributed by atoms with Crippen LogP contribution in [0.2, 0.25) is 10.0 Å². The molecular weight excluding hydrogens is 445 g/mol. The number of hydrogen-bond acceptors (Lipinski definition) is 4. The minimum Gasteiger partial charge on any atom is -0.361 e. The van der Waals surface area contributed by atoms with Gasteiger partial charge in [0.25, 0.3) is 0 Å². The number of benzene rings is 2. The molecule has 1 atom stereocenters. The Labute approximate surface area is 176 Å². The maximum Gasteiger partial charge on any atom is 0.194 e. The van der Waals surface area contributed by atoms with Gasteiger partial charge in [0.1, 0.15) is 23.6 Å². The molecule has 2 aromatic carbocycles. The highest BCUT2D eigenvalue weighted by molar-refractivity contribution is 7.90. The van der Waals surface area contributed by atoms with Gasteiger partial charge in [-0.3, -0.25) is 0 Å². The second-order valence-electron chi connectivity index (χ2n) is 6.42. The molecule has 0 bridgehead atoms. The van der Waals surface area contributed by atoms with Gasteiger partial charge in [-0.05, 0) is 42.3 Å². The van der Waals surface area contributed by atoms with Crippen molar-refractivity contribution in [2.75, 3.05) is 6.26 Å². The first-order chi connectivity index (χ1) is 13.6. The van der Waals surface area contributed by atoms with Gasteiger partial charge < -0.3 is 9.72 Å². The highest BCUT2D eigenvalue weighted by Crippen LogP contribution is 2.31. The molecule has 1 N–H and O–H groups in total. The van der Waals surface area contributed by atoms with E-state index < -0.39 is 27.6 Å². The second-order valence-corrected chi connectivity index (χ2v) is 9.17. The van der Waals surface area contributed by atoms with Crippen LogP contribution in [0.25, 0.3) is 0 Å². The molecule has 0 radical (unpaired) electrons. The fourth-order valence-electron chi connectivity index (χ4n) is 2.77. The molecule has 154 valence electrons. The van der Waals surface area contributed by atoms with Crippen LogP contribution in [-0.2, 0) is 21.2 Å². The summed E-state index contributed by atoms with van der Waals surface area (Å²) in [6.45, 7) is 1.53.